The summed E-state index contributed by atoms with van der Waals surface area (Å²) in [5, 5.41) is 4.09. The zero-order valence-corrected chi connectivity index (χ0v) is 13.8. The Labute approximate surface area is 145 Å². The highest BCUT2D eigenvalue weighted by Crippen LogP contribution is 2.16. The third kappa shape index (κ3) is 3.37. The normalized spacial score (nSPS) is 14.7. The molecule has 3 aromatic rings. The second-order valence-electron chi connectivity index (χ2n) is 5.90. The average Bonchev–Trinajstić information content (AvgIpc) is 3.36. The first-order chi connectivity index (χ1) is 12.3. The highest BCUT2D eigenvalue weighted by molar-refractivity contribution is 5.76. The first-order valence-electron chi connectivity index (χ1n) is 8.25. The Morgan fingerprint density at radius 2 is 1.72 bits per heavy atom. The van der Waals surface area contributed by atoms with E-state index in [-0.39, 0.29) is 12.5 Å². The number of carbonyl (C=O) groups is 1. The minimum atomic E-state index is 0.0964. The summed E-state index contributed by atoms with van der Waals surface area (Å²) in [5.74, 6) is 1.82. The van der Waals surface area contributed by atoms with Crippen molar-refractivity contribution in [2.45, 2.75) is 6.54 Å². The van der Waals surface area contributed by atoms with E-state index in [9.17, 15) is 4.79 Å². The van der Waals surface area contributed by atoms with Crippen molar-refractivity contribution in [3.63, 3.8) is 0 Å². The molecule has 0 aromatic carbocycles. The van der Waals surface area contributed by atoms with Gasteiger partial charge >= 0.3 is 0 Å². The smallest absolute Gasteiger partial charge is 0.244 e. The Bertz CT molecular complexity index is 821. The molecule has 1 aliphatic heterocycles. The molecule has 0 N–H and O–H groups in total. The van der Waals surface area contributed by atoms with Crippen LogP contribution < -0.4 is 4.90 Å². The zero-order valence-electron chi connectivity index (χ0n) is 13.8. The number of hydrogen-bond acceptors (Lipinski definition) is 5. The lowest BCUT2D eigenvalue weighted by Crippen LogP contribution is -2.49. The Hall–Kier alpha value is -3.16. The van der Waals surface area contributed by atoms with E-state index >= 15 is 0 Å². The van der Waals surface area contributed by atoms with Gasteiger partial charge in [0, 0.05) is 57.0 Å². The maximum atomic E-state index is 12.3. The molecule has 1 fully saturated rings. The molecule has 0 unspecified atom stereocenters. The van der Waals surface area contributed by atoms with Crippen molar-refractivity contribution >= 4 is 11.7 Å². The van der Waals surface area contributed by atoms with Crippen molar-refractivity contribution in [1.82, 2.24) is 29.2 Å². The Morgan fingerprint density at radius 3 is 2.44 bits per heavy atom. The van der Waals surface area contributed by atoms with Crippen LogP contribution in [0.15, 0.2) is 55.4 Å². The predicted molar refractivity (Wildman–Crippen MR) is 92.4 cm³/mol. The molecule has 4 heterocycles. The van der Waals surface area contributed by atoms with Crippen LogP contribution in [0, 0.1) is 0 Å². The molecule has 1 amide bonds. The van der Waals surface area contributed by atoms with Gasteiger partial charge in [0.05, 0.1) is 0 Å². The largest absolute Gasteiger partial charge is 0.353 e. The molecule has 3 aromatic heterocycles. The minimum absolute atomic E-state index is 0.0964. The van der Waals surface area contributed by atoms with Gasteiger partial charge in [0.1, 0.15) is 24.5 Å². The highest BCUT2D eigenvalue weighted by atomic mass is 16.2. The fraction of sp³-hybridized carbons (Fsp3) is 0.294. The van der Waals surface area contributed by atoms with E-state index in [4.69, 9.17) is 0 Å². The van der Waals surface area contributed by atoms with Crippen LogP contribution in [0.5, 0.6) is 0 Å². The Kier molecular flexibility index (Phi) is 4.16. The van der Waals surface area contributed by atoms with Gasteiger partial charge in [-0.3, -0.25) is 9.48 Å². The topological polar surface area (TPSA) is 72.1 Å². The van der Waals surface area contributed by atoms with Crippen LogP contribution in [0.3, 0.4) is 0 Å². The fourth-order valence-corrected chi connectivity index (χ4v) is 2.96. The highest BCUT2D eigenvalue weighted by Gasteiger charge is 2.22. The molecule has 1 saturated heterocycles. The van der Waals surface area contributed by atoms with Crippen LogP contribution in [-0.2, 0) is 11.3 Å². The van der Waals surface area contributed by atoms with Crippen LogP contribution in [0.25, 0.3) is 5.82 Å². The third-order valence-electron chi connectivity index (χ3n) is 4.32. The van der Waals surface area contributed by atoms with Crippen LogP contribution >= 0.6 is 0 Å². The Balaban J connectivity index is 1.39. The predicted octanol–water partition coefficient (Wildman–Crippen LogP) is 0.813. The molecule has 128 valence electrons. The zero-order chi connectivity index (χ0) is 17.1. The number of amides is 1. The molecule has 8 heteroatoms. The average molecular weight is 337 g/mol. The van der Waals surface area contributed by atoms with Gasteiger partial charge in [-0.1, -0.05) is 0 Å². The Morgan fingerprint density at radius 1 is 0.960 bits per heavy atom. The van der Waals surface area contributed by atoms with Gasteiger partial charge in [0.25, 0.3) is 0 Å². The number of anilines is 1. The second kappa shape index (κ2) is 6.76. The molecule has 0 aliphatic carbocycles. The van der Waals surface area contributed by atoms with Gasteiger partial charge in [-0.05, 0) is 18.2 Å². The monoisotopic (exact) mass is 337 g/mol. The van der Waals surface area contributed by atoms with Crippen molar-refractivity contribution in [3.8, 4) is 5.82 Å². The quantitative estimate of drug-likeness (QED) is 0.705. The lowest BCUT2D eigenvalue weighted by Gasteiger charge is -2.35. The summed E-state index contributed by atoms with van der Waals surface area (Å²) < 4.78 is 3.61. The molecule has 8 nitrogen and oxygen atoms in total. The molecule has 4 rings (SSSR count). The summed E-state index contributed by atoms with van der Waals surface area (Å²) in [6, 6.07) is 7.72. The maximum absolute atomic E-state index is 12.3. The second-order valence-corrected chi connectivity index (χ2v) is 5.90. The van der Waals surface area contributed by atoms with E-state index in [0.29, 0.717) is 13.1 Å². The molecule has 0 atom stereocenters. The van der Waals surface area contributed by atoms with Crippen molar-refractivity contribution in [1.29, 1.82) is 0 Å². The first kappa shape index (κ1) is 15.4. The SMILES string of the molecule is O=C(Cn1cccn1)N1CCN(c2cc(-n3cccc3)ncn2)CC1. The van der Waals surface area contributed by atoms with Crippen molar-refractivity contribution < 1.29 is 4.79 Å². The summed E-state index contributed by atoms with van der Waals surface area (Å²) in [5.41, 5.74) is 0. The fourth-order valence-electron chi connectivity index (χ4n) is 2.96. The van der Waals surface area contributed by atoms with Crippen LogP contribution in [0.1, 0.15) is 0 Å². The molecule has 0 bridgehead atoms. The van der Waals surface area contributed by atoms with E-state index in [1.54, 1.807) is 23.4 Å². The summed E-state index contributed by atoms with van der Waals surface area (Å²) >= 11 is 0. The number of carbonyl (C=O) groups excluding carboxylic acids is 1. The van der Waals surface area contributed by atoms with Crippen molar-refractivity contribution in [2.75, 3.05) is 31.1 Å². The lowest BCUT2D eigenvalue weighted by atomic mass is 10.3. The molecule has 1 aliphatic rings. The third-order valence-corrected chi connectivity index (χ3v) is 4.32. The van der Waals surface area contributed by atoms with Gasteiger partial charge in [0.2, 0.25) is 5.91 Å². The van der Waals surface area contributed by atoms with E-state index < -0.39 is 0 Å². The standard InChI is InChI=1S/C17H19N7O/c25-17(13-24-7-3-4-20-24)23-10-8-22(9-11-23)16-12-15(18-14-19-16)21-5-1-2-6-21/h1-7,12,14H,8-11,13H2. The van der Waals surface area contributed by atoms with Gasteiger partial charge < -0.3 is 14.4 Å². The van der Waals surface area contributed by atoms with Crippen molar-refractivity contribution in [3.05, 3.63) is 55.4 Å². The van der Waals surface area contributed by atoms with E-state index in [1.807, 2.05) is 46.1 Å². The van der Waals surface area contributed by atoms with Gasteiger partial charge in [0.15, 0.2) is 0 Å². The van der Waals surface area contributed by atoms with E-state index in [1.165, 1.54) is 0 Å². The molecule has 25 heavy (non-hydrogen) atoms. The van der Waals surface area contributed by atoms with Gasteiger partial charge in [-0.25, -0.2) is 9.97 Å². The number of rotatable bonds is 4. The molecular formula is C17H19N7O. The number of piperazine rings is 1. The maximum Gasteiger partial charge on any atom is 0.244 e. The molecule has 0 saturated carbocycles. The van der Waals surface area contributed by atoms with Crippen LogP contribution in [-0.4, -0.2) is 61.3 Å². The van der Waals surface area contributed by atoms with Gasteiger partial charge in [-0.15, -0.1) is 0 Å². The minimum Gasteiger partial charge on any atom is -0.353 e. The number of aromatic nitrogens is 5. The molecule has 0 radical (unpaired) electrons. The van der Waals surface area contributed by atoms with E-state index in [0.717, 1.165) is 24.7 Å². The number of nitrogens with zero attached hydrogens (tertiary/aromatic N) is 7. The summed E-state index contributed by atoms with van der Waals surface area (Å²) in [4.78, 5) is 25.1. The summed E-state index contributed by atoms with van der Waals surface area (Å²) in [6.07, 6.45) is 8.98. The summed E-state index contributed by atoms with van der Waals surface area (Å²) in [7, 11) is 0. The molecule has 0 spiro atoms. The summed E-state index contributed by atoms with van der Waals surface area (Å²) in [6.45, 7) is 3.17. The first-order valence-corrected chi connectivity index (χ1v) is 8.25. The van der Waals surface area contributed by atoms with E-state index in [2.05, 4.69) is 20.0 Å². The number of hydrogen-bond donors (Lipinski definition) is 0. The van der Waals surface area contributed by atoms with Crippen molar-refractivity contribution in [2.24, 2.45) is 0 Å². The lowest BCUT2D eigenvalue weighted by molar-refractivity contribution is -0.132. The van der Waals surface area contributed by atoms with Crippen LogP contribution in [0.4, 0.5) is 5.82 Å². The van der Waals surface area contributed by atoms with Gasteiger partial charge in [-0.2, -0.15) is 5.10 Å². The van der Waals surface area contributed by atoms with Crippen LogP contribution in [0.2, 0.25) is 0 Å². The molecular weight excluding hydrogens is 318 g/mol.